The first kappa shape index (κ1) is 16.2. The molecular formula is C16H24N2O2. The van der Waals surface area contributed by atoms with E-state index in [9.17, 15) is 9.59 Å². The second-order valence-corrected chi connectivity index (χ2v) is 5.83. The maximum absolute atomic E-state index is 11.6. The number of rotatable bonds is 6. The minimum atomic E-state index is -0.195. The van der Waals surface area contributed by atoms with E-state index in [0.29, 0.717) is 19.4 Å². The van der Waals surface area contributed by atoms with Crippen LogP contribution in [-0.2, 0) is 4.79 Å². The quantitative estimate of drug-likeness (QED) is 0.785. The molecule has 0 bridgehead atoms. The number of carbonyl (C=O) groups excluding carboxylic acids is 2. The molecule has 2 N–H and O–H groups in total. The highest BCUT2D eigenvalue weighted by atomic mass is 16.1. The minimum absolute atomic E-state index is 0.0304. The highest BCUT2D eigenvalue weighted by Gasteiger charge is 2.12. The molecule has 110 valence electrons. The molecule has 0 atom stereocenters. The molecule has 4 heteroatoms. The van der Waals surface area contributed by atoms with Gasteiger partial charge < -0.3 is 10.6 Å². The summed E-state index contributed by atoms with van der Waals surface area (Å²) in [6.45, 7) is 8.30. The molecule has 0 heterocycles. The molecule has 0 unspecified atom stereocenters. The van der Waals surface area contributed by atoms with Gasteiger partial charge in [-0.3, -0.25) is 9.59 Å². The van der Waals surface area contributed by atoms with E-state index < -0.39 is 0 Å². The lowest BCUT2D eigenvalue weighted by molar-refractivity contribution is -0.122. The number of Topliss-reactive ketones (excluding diaryl/α,β-unsaturated/α-hetero) is 1. The largest absolute Gasteiger partial charge is 0.385 e. The lowest BCUT2D eigenvalue weighted by Gasteiger charge is -2.20. The third kappa shape index (κ3) is 5.87. The zero-order valence-corrected chi connectivity index (χ0v) is 12.7. The fourth-order valence-corrected chi connectivity index (χ4v) is 1.78. The Hall–Kier alpha value is -1.84. The number of hydrogen-bond acceptors (Lipinski definition) is 3. The predicted octanol–water partition coefficient (Wildman–Crippen LogP) is 3.00. The Balaban J connectivity index is 2.39. The number of hydrogen-bond donors (Lipinski definition) is 2. The van der Waals surface area contributed by atoms with Crippen molar-refractivity contribution in [3.63, 3.8) is 0 Å². The van der Waals surface area contributed by atoms with Crippen molar-refractivity contribution in [2.45, 2.75) is 46.1 Å². The molecule has 0 aliphatic rings. The van der Waals surface area contributed by atoms with Crippen molar-refractivity contribution in [2.24, 2.45) is 0 Å². The first-order valence-corrected chi connectivity index (χ1v) is 7.00. The van der Waals surface area contributed by atoms with Gasteiger partial charge >= 0.3 is 0 Å². The van der Waals surface area contributed by atoms with Gasteiger partial charge in [0, 0.05) is 36.2 Å². The molecule has 0 aromatic heterocycles. The Labute approximate surface area is 121 Å². The molecule has 0 spiro atoms. The molecule has 1 rings (SSSR count). The summed E-state index contributed by atoms with van der Waals surface area (Å²) in [5.41, 5.74) is 1.45. The van der Waals surface area contributed by atoms with E-state index in [-0.39, 0.29) is 17.2 Å². The van der Waals surface area contributed by atoms with Crippen LogP contribution in [0.2, 0.25) is 0 Å². The van der Waals surface area contributed by atoms with Crippen LogP contribution in [0.15, 0.2) is 24.3 Å². The summed E-state index contributed by atoms with van der Waals surface area (Å²) in [4.78, 5) is 23.1. The number of nitrogens with one attached hydrogen (secondary N) is 2. The molecular weight excluding hydrogens is 252 g/mol. The number of amides is 1. The van der Waals surface area contributed by atoms with Crippen LogP contribution in [0, 0.1) is 0 Å². The van der Waals surface area contributed by atoms with Crippen molar-refractivity contribution >= 4 is 17.4 Å². The van der Waals surface area contributed by atoms with Gasteiger partial charge in [0.05, 0.1) is 0 Å². The summed E-state index contributed by atoms with van der Waals surface area (Å²) in [6, 6.07) is 7.35. The van der Waals surface area contributed by atoms with E-state index >= 15 is 0 Å². The average Bonchev–Trinajstić information content (AvgIpc) is 2.36. The van der Waals surface area contributed by atoms with Crippen LogP contribution in [-0.4, -0.2) is 23.8 Å². The Morgan fingerprint density at radius 3 is 2.20 bits per heavy atom. The molecule has 4 nitrogen and oxygen atoms in total. The third-order valence-electron chi connectivity index (χ3n) is 2.72. The van der Waals surface area contributed by atoms with E-state index in [4.69, 9.17) is 0 Å². The van der Waals surface area contributed by atoms with Crippen LogP contribution in [0.25, 0.3) is 0 Å². The fourth-order valence-electron chi connectivity index (χ4n) is 1.78. The summed E-state index contributed by atoms with van der Waals surface area (Å²) in [5, 5.41) is 6.09. The molecule has 0 aliphatic heterocycles. The van der Waals surface area contributed by atoms with Crippen molar-refractivity contribution in [2.75, 3.05) is 11.9 Å². The first-order valence-electron chi connectivity index (χ1n) is 7.00. The zero-order valence-electron chi connectivity index (χ0n) is 12.7. The topological polar surface area (TPSA) is 58.2 Å². The SMILES string of the molecule is CCC(=O)c1ccc(NCCC(=O)NC(C)(C)C)cc1. The van der Waals surface area contributed by atoms with Crippen LogP contribution in [0.3, 0.4) is 0 Å². The summed E-state index contributed by atoms with van der Waals surface area (Å²) < 4.78 is 0. The van der Waals surface area contributed by atoms with Gasteiger partial charge in [-0.25, -0.2) is 0 Å². The monoisotopic (exact) mass is 276 g/mol. The predicted molar refractivity (Wildman–Crippen MR) is 82.1 cm³/mol. The van der Waals surface area contributed by atoms with E-state index in [1.807, 2.05) is 52.0 Å². The summed E-state index contributed by atoms with van der Waals surface area (Å²) >= 11 is 0. The second-order valence-electron chi connectivity index (χ2n) is 5.83. The standard InChI is InChI=1S/C16H24N2O2/c1-5-14(19)12-6-8-13(9-7-12)17-11-10-15(20)18-16(2,3)4/h6-9,17H,5,10-11H2,1-4H3,(H,18,20). The van der Waals surface area contributed by atoms with Gasteiger partial charge in [0.25, 0.3) is 0 Å². The maximum atomic E-state index is 11.6. The van der Waals surface area contributed by atoms with Gasteiger partial charge in [0.2, 0.25) is 5.91 Å². The average molecular weight is 276 g/mol. The van der Waals surface area contributed by atoms with Gasteiger partial charge in [0.1, 0.15) is 0 Å². The van der Waals surface area contributed by atoms with Crippen molar-refractivity contribution in [3.8, 4) is 0 Å². The number of ketones is 1. The smallest absolute Gasteiger partial charge is 0.222 e. The molecule has 0 radical (unpaired) electrons. The fraction of sp³-hybridized carbons (Fsp3) is 0.500. The normalized spacial score (nSPS) is 11.0. The van der Waals surface area contributed by atoms with E-state index in [1.165, 1.54) is 0 Å². The lowest BCUT2D eigenvalue weighted by atomic mass is 10.1. The van der Waals surface area contributed by atoms with Crippen molar-refractivity contribution in [3.05, 3.63) is 29.8 Å². The molecule has 1 aromatic rings. The summed E-state index contributed by atoms with van der Waals surface area (Å²) in [5.74, 6) is 0.170. The number of anilines is 1. The van der Waals surface area contributed by atoms with Crippen LogP contribution in [0.4, 0.5) is 5.69 Å². The van der Waals surface area contributed by atoms with Gasteiger partial charge in [-0.1, -0.05) is 6.92 Å². The third-order valence-corrected chi connectivity index (χ3v) is 2.72. The molecule has 1 aromatic carbocycles. The van der Waals surface area contributed by atoms with Crippen molar-refractivity contribution in [1.29, 1.82) is 0 Å². The van der Waals surface area contributed by atoms with Gasteiger partial charge in [-0.05, 0) is 45.0 Å². The Morgan fingerprint density at radius 1 is 1.10 bits per heavy atom. The molecule has 0 aliphatic carbocycles. The van der Waals surface area contributed by atoms with Crippen LogP contribution in [0.1, 0.15) is 50.9 Å². The highest BCUT2D eigenvalue weighted by molar-refractivity contribution is 5.96. The Bertz CT molecular complexity index is 458. The number of benzene rings is 1. The van der Waals surface area contributed by atoms with E-state index in [0.717, 1.165) is 11.3 Å². The number of carbonyl (C=O) groups is 2. The van der Waals surface area contributed by atoms with E-state index in [1.54, 1.807) is 0 Å². The van der Waals surface area contributed by atoms with Crippen molar-refractivity contribution in [1.82, 2.24) is 5.32 Å². The molecule has 20 heavy (non-hydrogen) atoms. The van der Waals surface area contributed by atoms with Crippen LogP contribution in [0.5, 0.6) is 0 Å². The highest BCUT2D eigenvalue weighted by Crippen LogP contribution is 2.11. The van der Waals surface area contributed by atoms with Crippen LogP contribution < -0.4 is 10.6 Å². The van der Waals surface area contributed by atoms with Crippen molar-refractivity contribution < 1.29 is 9.59 Å². The molecule has 0 saturated carbocycles. The Morgan fingerprint density at radius 2 is 1.70 bits per heavy atom. The first-order chi connectivity index (χ1) is 9.31. The van der Waals surface area contributed by atoms with E-state index in [2.05, 4.69) is 10.6 Å². The lowest BCUT2D eigenvalue weighted by Crippen LogP contribution is -2.41. The summed E-state index contributed by atoms with van der Waals surface area (Å²) in [7, 11) is 0. The van der Waals surface area contributed by atoms with Gasteiger partial charge in [-0.2, -0.15) is 0 Å². The Kier molecular flexibility index (Phi) is 5.74. The molecule has 0 fully saturated rings. The molecule has 0 saturated heterocycles. The zero-order chi connectivity index (χ0) is 15.2. The minimum Gasteiger partial charge on any atom is -0.385 e. The summed E-state index contributed by atoms with van der Waals surface area (Å²) in [6.07, 6.45) is 0.937. The molecule has 1 amide bonds. The second kappa shape index (κ2) is 7.08. The van der Waals surface area contributed by atoms with Gasteiger partial charge in [0.15, 0.2) is 5.78 Å². The maximum Gasteiger partial charge on any atom is 0.222 e. The van der Waals surface area contributed by atoms with Crippen LogP contribution >= 0.6 is 0 Å². The van der Waals surface area contributed by atoms with Gasteiger partial charge in [-0.15, -0.1) is 0 Å².